The van der Waals surface area contributed by atoms with E-state index in [1.165, 1.54) is 5.56 Å². The molecule has 3 aromatic carbocycles. The molecule has 0 aliphatic carbocycles. The first-order chi connectivity index (χ1) is 16.3. The fourth-order valence-corrected chi connectivity index (χ4v) is 3.99. The zero-order valence-corrected chi connectivity index (χ0v) is 20.7. The average molecular weight is 494 g/mol. The van der Waals surface area contributed by atoms with Crippen LogP contribution >= 0.6 is 23.2 Å². The van der Waals surface area contributed by atoms with Crippen molar-refractivity contribution in [2.45, 2.75) is 33.9 Å². The molecule has 4 rings (SSSR count). The third-order valence-corrected chi connectivity index (χ3v) is 6.37. The van der Waals surface area contributed by atoms with Crippen LogP contribution in [0.1, 0.15) is 38.4 Å². The number of aryl methyl sites for hydroxylation is 2. The highest BCUT2D eigenvalue weighted by molar-refractivity contribution is 6.42. The van der Waals surface area contributed by atoms with Gasteiger partial charge in [-0.05, 0) is 56.2 Å². The SMILES string of the molecule is Cc1ccc(Cn2nc(C)c(NC(=O)c3cccc(COc4cccc(Cl)c4Cl)c3)c2C)cc1. The Balaban J connectivity index is 1.46. The number of rotatable bonds is 7. The molecular formula is C27H25Cl2N3O2. The Hall–Kier alpha value is -3.28. The summed E-state index contributed by atoms with van der Waals surface area (Å²) in [6, 6.07) is 20.9. The second kappa shape index (κ2) is 10.3. The summed E-state index contributed by atoms with van der Waals surface area (Å²) in [5.74, 6) is 0.292. The Kier molecular flexibility index (Phi) is 7.25. The van der Waals surface area contributed by atoms with Crippen molar-refractivity contribution < 1.29 is 9.53 Å². The Morgan fingerprint density at radius 1 is 0.971 bits per heavy atom. The molecule has 5 nitrogen and oxygen atoms in total. The van der Waals surface area contributed by atoms with E-state index in [9.17, 15) is 4.79 Å². The number of nitrogens with one attached hydrogen (secondary N) is 1. The van der Waals surface area contributed by atoms with Crippen LogP contribution in [0.3, 0.4) is 0 Å². The first kappa shape index (κ1) is 23.9. The number of hydrogen-bond donors (Lipinski definition) is 1. The highest BCUT2D eigenvalue weighted by atomic mass is 35.5. The normalized spacial score (nSPS) is 10.9. The molecule has 0 aliphatic rings. The van der Waals surface area contributed by atoms with Crippen molar-refractivity contribution in [3.8, 4) is 5.75 Å². The number of aromatic nitrogens is 2. The van der Waals surface area contributed by atoms with Crippen molar-refractivity contribution in [2.24, 2.45) is 0 Å². The molecule has 1 aromatic heterocycles. The predicted molar refractivity (Wildman–Crippen MR) is 137 cm³/mol. The number of carbonyl (C=O) groups is 1. The zero-order valence-electron chi connectivity index (χ0n) is 19.2. The van der Waals surface area contributed by atoms with Gasteiger partial charge in [0.05, 0.1) is 28.6 Å². The number of halogens is 2. The Bertz CT molecular complexity index is 1330. The molecule has 7 heteroatoms. The van der Waals surface area contributed by atoms with Gasteiger partial charge in [0.2, 0.25) is 0 Å². The van der Waals surface area contributed by atoms with E-state index in [4.69, 9.17) is 27.9 Å². The highest BCUT2D eigenvalue weighted by Crippen LogP contribution is 2.32. The van der Waals surface area contributed by atoms with Crippen LogP contribution < -0.4 is 10.1 Å². The van der Waals surface area contributed by atoms with E-state index in [-0.39, 0.29) is 12.5 Å². The minimum atomic E-state index is -0.205. The van der Waals surface area contributed by atoms with Crippen LogP contribution in [-0.2, 0) is 13.2 Å². The van der Waals surface area contributed by atoms with Crippen molar-refractivity contribution in [1.82, 2.24) is 9.78 Å². The van der Waals surface area contributed by atoms with E-state index < -0.39 is 0 Å². The maximum atomic E-state index is 13.0. The summed E-state index contributed by atoms with van der Waals surface area (Å²) >= 11 is 12.2. The van der Waals surface area contributed by atoms with Crippen molar-refractivity contribution in [3.05, 3.63) is 110 Å². The van der Waals surface area contributed by atoms with Crippen LogP contribution in [0.25, 0.3) is 0 Å². The van der Waals surface area contributed by atoms with Crippen molar-refractivity contribution in [1.29, 1.82) is 0 Å². The van der Waals surface area contributed by atoms with E-state index in [0.717, 1.165) is 28.2 Å². The van der Waals surface area contributed by atoms with Gasteiger partial charge >= 0.3 is 0 Å². The largest absolute Gasteiger partial charge is 0.487 e. The quantitative estimate of drug-likeness (QED) is 0.301. The van der Waals surface area contributed by atoms with E-state index in [2.05, 4.69) is 41.6 Å². The van der Waals surface area contributed by atoms with Crippen LogP contribution in [-0.4, -0.2) is 15.7 Å². The van der Waals surface area contributed by atoms with Crippen LogP contribution in [0.4, 0.5) is 5.69 Å². The van der Waals surface area contributed by atoms with Gasteiger partial charge in [-0.3, -0.25) is 9.48 Å². The minimum absolute atomic E-state index is 0.205. The summed E-state index contributed by atoms with van der Waals surface area (Å²) in [5, 5.41) is 8.45. The summed E-state index contributed by atoms with van der Waals surface area (Å²) in [4.78, 5) is 13.0. The molecule has 1 heterocycles. The van der Waals surface area contributed by atoms with Crippen molar-refractivity contribution >= 4 is 34.8 Å². The molecule has 0 bridgehead atoms. The molecule has 34 heavy (non-hydrogen) atoms. The Morgan fingerprint density at radius 2 is 1.71 bits per heavy atom. The number of nitrogens with zero attached hydrogens (tertiary/aromatic N) is 2. The first-order valence-electron chi connectivity index (χ1n) is 10.9. The van der Waals surface area contributed by atoms with Gasteiger partial charge in [0.1, 0.15) is 17.4 Å². The molecule has 4 aromatic rings. The third-order valence-electron chi connectivity index (χ3n) is 5.57. The topological polar surface area (TPSA) is 56.2 Å². The lowest BCUT2D eigenvalue weighted by atomic mass is 10.1. The average Bonchev–Trinajstić information content (AvgIpc) is 3.09. The van der Waals surface area contributed by atoms with Crippen LogP contribution in [0.2, 0.25) is 10.0 Å². The highest BCUT2D eigenvalue weighted by Gasteiger charge is 2.16. The molecular weight excluding hydrogens is 469 g/mol. The number of amides is 1. The molecule has 0 fully saturated rings. The van der Waals surface area contributed by atoms with Gasteiger partial charge in [-0.2, -0.15) is 5.10 Å². The van der Waals surface area contributed by atoms with Crippen LogP contribution in [0.5, 0.6) is 5.75 Å². The third kappa shape index (κ3) is 5.44. The molecule has 174 valence electrons. The maximum absolute atomic E-state index is 13.0. The van der Waals surface area contributed by atoms with E-state index in [0.29, 0.717) is 27.9 Å². The molecule has 0 saturated heterocycles. The van der Waals surface area contributed by atoms with Gasteiger partial charge in [-0.25, -0.2) is 0 Å². The Morgan fingerprint density at radius 3 is 2.47 bits per heavy atom. The number of ether oxygens (including phenoxy) is 1. The van der Waals surface area contributed by atoms with E-state index in [1.54, 1.807) is 30.3 Å². The van der Waals surface area contributed by atoms with Crippen LogP contribution in [0.15, 0.2) is 66.7 Å². The number of anilines is 1. The van der Waals surface area contributed by atoms with Gasteiger partial charge in [0, 0.05) is 5.56 Å². The summed E-state index contributed by atoms with van der Waals surface area (Å²) in [6.45, 7) is 6.82. The lowest BCUT2D eigenvalue weighted by Gasteiger charge is -2.11. The fourth-order valence-electron chi connectivity index (χ4n) is 3.64. The van der Waals surface area contributed by atoms with Gasteiger partial charge in [0.15, 0.2) is 0 Å². The monoisotopic (exact) mass is 493 g/mol. The lowest BCUT2D eigenvalue weighted by molar-refractivity contribution is 0.102. The molecule has 1 N–H and O–H groups in total. The summed E-state index contributed by atoms with van der Waals surface area (Å²) in [7, 11) is 0. The number of hydrogen-bond acceptors (Lipinski definition) is 3. The summed E-state index contributed by atoms with van der Waals surface area (Å²) < 4.78 is 7.71. The predicted octanol–water partition coefficient (Wildman–Crippen LogP) is 6.99. The standard InChI is InChI=1S/C27H25Cl2N3O2/c1-17-10-12-20(13-11-17)15-32-19(3)26(18(2)31-32)30-27(33)22-7-4-6-21(14-22)16-34-24-9-5-8-23(28)25(24)29/h4-14H,15-16H2,1-3H3,(H,30,33). The molecule has 0 atom stereocenters. The first-order valence-corrected chi connectivity index (χ1v) is 11.6. The molecule has 0 saturated carbocycles. The smallest absolute Gasteiger partial charge is 0.255 e. The Labute approximate surface area is 209 Å². The fraction of sp³-hybridized carbons (Fsp3) is 0.185. The second-order valence-corrected chi connectivity index (χ2v) is 8.97. The summed E-state index contributed by atoms with van der Waals surface area (Å²) in [6.07, 6.45) is 0. The minimum Gasteiger partial charge on any atom is -0.487 e. The van der Waals surface area contributed by atoms with E-state index in [1.807, 2.05) is 30.7 Å². The van der Waals surface area contributed by atoms with Gasteiger partial charge in [-0.1, -0.05) is 71.2 Å². The molecule has 0 radical (unpaired) electrons. The molecule has 0 spiro atoms. The molecule has 1 amide bonds. The van der Waals surface area contributed by atoms with Crippen molar-refractivity contribution in [3.63, 3.8) is 0 Å². The maximum Gasteiger partial charge on any atom is 0.255 e. The lowest BCUT2D eigenvalue weighted by Crippen LogP contribution is -2.14. The molecule has 0 aliphatic heterocycles. The second-order valence-electron chi connectivity index (χ2n) is 8.18. The summed E-state index contributed by atoms with van der Waals surface area (Å²) in [5.41, 5.74) is 6.14. The molecule has 0 unspecified atom stereocenters. The number of carbonyl (C=O) groups excluding carboxylic acids is 1. The zero-order chi connectivity index (χ0) is 24.2. The van der Waals surface area contributed by atoms with Gasteiger partial charge < -0.3 is 10.1 Å². The van der Waals surface area contributed by atoms with Crippen LogP contribution in [0, 0.1) is 20.8 Å². The van der Waals surface area contributed by atoms with Crippen molar-refractivity contribution in [2.75, 3.05) is 5.32 Å². The van der Waals surface area contributed by atoms with E-state index >= 15 is 0 Å². The van der Waals surface area contributed by atoms with Gasteiger partial charge in [0.25, 0.3) is 5.91 Å². The van der Waals surface area contributed by atoms with Gasteiger partial charge in [-0.15, -0.1) is 0 Å². The number of benzene rings is 3.